The van der Waals surface area contributed by atoms with Crippen molar-refractivity contribution in [2.24, 2.45) is 7.05 Å². The normalized spacial score (nSPS) is 16.9. The van der Waals surface area contributed by atoms with E-state index in [4.69, 9.17) is 0 Å². The van der Waals surface area contributed by atoms with Gasteiger partial charge in [-0.1, -0.05) is 17.3 Å². The van der Waals surface area contributed by atoms with E-state index in [1.807, 2.05) is 43.7 Å². The monoisotopic (exact) mass is 361 g/mol. The summed E-state index contributed by atoms with van der Waals surface area (Å²) in [5.74, 6) is 0.603. The van der Waals surface area contributed by atoms with Crippen LogP contribution in [0.1, 0.15) is 6.42 Å². The van der Waals surface area contributed by atoms with Crippen LogP contribution in [-0.2, 0) is 7.05 Å². The fourth-order valence-electron chi connectivity index (χ4n) is 3.30. The molecule has 1 aliphatic rings. The van der Waals surface area contributed by atoms with Gasteiger partial charge in [-0.2, -0.15) is 14.8 Å². The molecule has 0 spiro atoms. The molecule has 0 unspecified atom stereocenters. The van der Waals surface area contributed by atoms with E-state index in [0.717, 1.165) is 36.3 Å². The number of benzene rings is 1. The van der Waals surface area contributed by atoms with Crippen molar-refractivity contribution in [1.82, 2.24) is 40.1 Å². The Hall–Kier alpha value is -3.33. The Bertz CT molecular complexity index is 1070. The summed E-state index contributed by atoms with van der Waals surface area (Å²) in [7, 11) is 1.91. The fourth-order valence-corrected chi connectivity index (χ4v) is 3.30. The summed E-state index contributed by atoms with van der Waals surface area (Å²) >= 11 is 0. The predicted molar refractivity (Wildman–Crippen MR) is 102 cm³/mol. The topological polar surface area (TPSA) is 98.4 Å². The molecule has 27 heavy (non-hydrogen) atoms. The molecule has 0 aliphatic carbocycles. The van der Waals surface area contributed by atoms with Gasteiger partial charge in [0, 0.05) is 31.4 Å². The molecule has 2 N–H and O–H groups in total. The Balaban J connectivity index is 1.46. The van der Waals surface area contributed by atoms with E-state index in [1.165, 1.54) is 0 Å². The highest BCUT2D eigenvalue weighted by molar-refractivity contribution is 5.72. The van der Waals surface area contributed by atoms with E-state index in [2.05, 4.69) is 36.0 Å². The number of nitrogens with one attached hydrogen (secondary N) is 2. The standard InChI is InChI=1S/C18H19N9/c1-26-11-13(8-21-26)12-2-4-15(5-3-12)27-17-16(24-25-27)10-20-18(23-17)22-14-6-7-19-9-14/h2-5,8,10-11,14,19H,6-7,9H2,1H3,(H,20,22,23)/t14-/m1/s1. The Kier molecular flexibility index (Phi) is 3.79. The molecule has 4 aromatic rings. The van der Waals surface area contributed by atoms with Crippen molar-refractivity contribution in [3.05, 3.63) is 42.9 Å². The first-order chi connectivity index (χ1) is 13.3. The minimum atomic E-state index is 0.352. The van der Waals surface area contributed by atoms with E-state index in [-0.39, 0.29) is 0 Å². The zero-order valence-corrected chi connectivity index (χ0v) is 14.9. The van der Waals surface area contributed by atoms with Crippen LogP contribution in [-0.4, -0.2) is 53.9 Å². The minimum Gasteiger partial charge on any atom is -0.350 e. The summed E-state index contributed by atoms with van der Waals surface area (Å²) in [6.45, 7) is 1.94. The van der Waals surface area contributed by atoms with Crippen LogP contribution in [0, 0.1) is 0 Å². The number of hydrogen-bond donors (Lipinski definition) is 2. The molecule has 136 valence electrons. The van der Waals surface area contributed by atoms with Gasteiger partial charge in [0.05, 0.1) is 18.1 Å². The smallest absolute Gasteiger partial charge is 0.225 e. The lowest BCUT2D eigenvalue weighted by Crippen LogP contribution is -2.23. The van der Waals surface area contributed by atoms with Crippen LogP contribution in [0.2, 0.25) is 0 Å². The number of hydrogen-bond acceptors (Lipinski definition) is 7. The second-order valence-corrected chi connectivity index (χ2v) is 6.69. The number of nitrogens with zero attached hydrogens (tertiary/aromatic N) is 7. The Morgan fingerprint density at radius 1 is 1.15 bits per heavy atom. The fraction of sp³-hybridized carbons (Fsp3) is 0.278. The molecule has 1 atom stereocenters. The molecule has 9 heteroatoms. The van der Waals surface area contributed by atoms with Crippen molar-refractivity contribution >= 4 is 17.1 Å². The first-order valence-electron chi connectivity index (χ1n) is 8.91. The van der Waals surface area contributed by atoms with Gasteiger partial charge in [0.15, 0.2) is 11.2 Å². The van der Waals surface area contributed by atoms with Crippen LogP contribution in [0.15, 0.2) is 42.9 Å². The second kappa shape index (κ2) is 6.44. The maximum absolute atomic E-state index is 4.63. The van der Waals surface area contributed by atoms with Crippen molar-refractivity contribution in [1.29, 1.82) is 0 Å². The number of aromatic nitrogens is 7. The first-order valence-corrected chi connectivity index (χ1v) is 8.91. The summed E-state index contributed by atoms with van der Waals surface area (Å²) in [5, 5.41) is 19.4. The van der Waals surface area contributed by atoms with Gasteiger partial charge in [0.25, 0.3) is 0 Å². The zero-order valence-electron chi connectivity index (χ0n) is 14.9. The largest absolute Gasteiger partial charge is 0.350 e. The highest BCUT2D eigenvalue weighted by Gasteiger charge is 2.16. The van der Waals surface area contributed by atoms with Crippen LogP contribution in [0.25, 0.3) is 28.0 Å². The third-order valence-corrected chi connectivity index (χ3v) is 4.74. The van der Waals surface area contributed by atoms with E-state index in [1.54, 1.807) is 15.6 Å². The highest BCUT2D eigenvalue weighted by atomic mass is 15.4. The molecule has 1 aliphatic heterocycles. The van der Waals surface area contributed by atoms with Crippen LogP contribution < -0.4 is 10.6 Å². The van der Waals surface area contributed by atoms with Crippen molar-refractivity contribution in [2.75, 3.05) is 18.4 Å². The Morgan fingerprint density at radius 3 is 2.78 bits per heavy atom. The van der Waals surface area contributed by atoms with E-state index in [0.29, 0.717) is 23.2 Å². The summed E-state index contributed by atoms with van der Waals surface area (Å²) in [5.41, 5.74) is 4.43. The predicted octanol–water partition coefficient (Wildman–Crippen LogP) is 1.38. The lowest BCUT2D eigenvalue weighted by Gasteiger charge is -2.10. The highest BCUT2D eigenvalue weighted by Crippen LogP contribution is 2.22. The number of fused-ring (bicyclic) bond motifs is 1. The quantitative estimate of drug-likeness (QED) is 0.567. The third-order valence-electron chi connectivity index (χ3n) is 4.74. The van der Waals surface area contributed by atoms with Gasteiger partial charge in [-0.25, -0.2) is 4.98 Å². The average molecular weight is 361 g/mol. The molecule has 9 nitrogen and oxygen atoms in total. The minimum absolute atomic E-state index is 0.352. The molecule has 4 heterocycles. The molecule has 5 rings (SSSR count). The molecule has 0 saturated carbocycles. The average Bonchev–Trinajstić information content (AvgIpc) is 3.43. The zero-order chi connectivity index (χ0) is 18.2. The summed E-state index contributed by atoms with van der Waals surface area (Å²) in [6.07, 6.45) is 6.61. The van der Waals surface area contributed by atoms with Gasteiger partial charge in [0.2, 0.25) is 5.95 Å². The lowest BCUT2D eigenvalue weighted by atomic mass is 10.1. The lowest BCUT2D eigenvalue weighted by molar-refractivity contribution is 0.768. The van der Waals surface area contributed by atoms with Gasteiger partial charge in [-0.15, -0.1) is 5.10 Å². The Labute approximate surface area is 155 Å². The van der Waals surface area contributed by atoms with Crippen LogP contribution in [0.3, 0.4) is 0 Å². The van der Waals surface area contributed by atoms with E-state index in [9.17, 15) is 0 Å². The van der Waals surface area contributed by atoms with Crippen molar-refractivity contribution in [3.8, 4) is 16.8 Å². The number of anilines is 1. The molecule has 3 aromatic heterocycles. The molecule has 0 radical (unpaired) electrons. The van der Waals surface area contributed by atoms with Crippen LogP contribution in [0.4, 0.5) is 5.95 Å². The van der Waals surface area contributed by atoms with Gasteiger partial charge < -0.3 is 10.6 Å². The maximum Gasteiger partial charge on any atom is 0.225 e. The molecule has 1 saturated heterocycles. The molecule has 0 bridgehead atoms. The number of aryl methyl sites for hydroxylation is 1. The Morgan fingerprint density at radius 2 is 2.04 bits per heavy atom. The summed E-state index contributed by atoms with van der Waals surface area (Å²) in [6, 6.07) is 8.46. The van der Waals surface area contributed by atoms with Gasteiger partial charge in [-0.3, -0.25) is 4.68 Å². The van der Waals surface area contributed by atoms with E-state index < -0.39 is 0 Å². The molecule has 0 amide bonds. The van der Waals surface area contributed by atoms with Gasteiger partial charge in [0.1, 0.15) is 0 Å². The number of rotatable bonds is 4. The van der Waals surface area contributed by atoms with E-state index >= 15 is 0 Å². The molecular formula is C18H19N9. The van der Waals surface area contributed by atoms with Crippen molar-refractivity contribution in [3.63, 3.8) is 0 Å². The van der Waals surface area contributed by atoms with Crippen LogP contribution in [0.5, 0.6) is 0 Å². The molecular weight excluding hydrogens is 342 g/mol. The maximum atomic E-state index is 4.63. The third kappa shape index (κ3) is 3.02. The molecule has 1 aromatic carbocycles. The summed E-state index contributed by atoms with van der Waals surface area (Å²) < 4.78 is 3.53. The summed E-state index contributed by atoms with van der Waals surface area (Å²) in [4.78, 5) is 8.99. The SMILES string of the molecule is Cn1cc(-c2ccc(-n3nnc4cnc(N[C@@H]5CCNC5)nc43)cc2)cn1. The molecule has 1 fully saturated rings. The van der Waals surface area contributed by atoms with Crippen molar-refractivity contribution in [2.45, 2.75) is 12.5 Å². The van der Waals surface area contributed by atoms with Crippen LogP contribution >= 0.6 is 0 Å². The van der Waals surface area contributed by atoms with Gasteiger partial charge in [-0.05, 0) is 30.7 Å². The first kappa shape index (κ1) is 15.9. The van der Waals surface area contributed by atoms with Gasteiger partial charge >= 0.3 is 0 Å². The van der Waals surface area contributed by atoms with Crippen molar-refractivity contribution < 1.29 is 0 Å². The second-order valence-electron chi connectivity index (χ2n) is 6.69.